The molecule has 0 radical (unpaired) electrons. The van der Waals surface area contributed by atoms with E-state index in [0.717, 1.165) is 5.69 Å². The molecule has 0 aliphatic heterocycles. The molecule has 2 amide bonds. The van der Waals surface area contributed by atoms with Gasteiger partial charge in [0.1, 0.15) is 0 Å². The lowest BCUT2D eigenvalue weighted by Gasteiger charge is -2.22. The van der Waals surface area contributed by atoms with Crippen LogP contribution in [0.4, 0.5) is 0 Å². The molecule has 0 bridgehead atoms. The first-order valence-electron chi connectivity index (χ1n) is 7.08. The molecular weight excluding hydrogens is 298 g/mol. The third-order valence-corrected chi connectivity index (χ3v) is 3.87. The van der Waals surface area contributed by atoms with E-state index in [1.54, 1.807) is 17.6 Å². The van der Waals surface area contributed by atoms with Crippen molar-refractivity contribution in [2.45, 2.75) is 19.9 Å². The van der Waals surface area contributed by atoms with E-state index in [2.05, 4.69) is 15.6 Å². The van der Waals surface area contributed by atoms with Crippen LogP contribution in [0.2, 0.25) is 0 Å². The summed E-state index contributed by atoms with van der Waals surface area (Å²) in [5.74, 6) is -0.269. The molecule has 2 aromatic rings. The van der Waals surface area contributed by atoms with Gasteiger partial charge >= 0.3 is 0 Å². The summed E-state index contributed by atoms with van der Waals surface area (Å²) in [6, 6.07) is 7.16. The first-order chi connectivity index (χ1) is 10.6. The van der Waals surface area contributed by atoms with Gasteiger partial charge in [0.15, 0.2) is 0 Å². The zero-order valence-corrected chi connectivity index (χ0v) is 13.4. The first kappa shape index (κ1) is 16.2. The molecular formula is C16H19N3O2S. The second kappa shape index (κ2) is 7.70. The molecule has 0 fully saturated rings. The molecule has 2 N–H and O–H groups in total. The minimum Gasteiger partial charge on any atom is -0.346 e. The number of aromatic nitrogens is 1. The van der Waals surface area contributed by atoms with Gasteiger partial charge in [-0.05, 0) is 29.5 Å². The van der Waals surface area contributed by atoms with Gasteiger partial charge in [0.25, 0.3) is 5.91 Å². The summed E-state index contributed by atoms with van der Waals surface area (Å²) in [5, 5.41) is 9.11. The quantitative estimate of drug-likeness (QED) is 0.859. The molecule has 0 aliphatic rings. The summed E-state index contributed by atoms with van der Waals surface area (Å²) in [7, 11) is 0. The molecule has 0 saturated carbocycles. The van der Waals surface area contributed by atoms with Crippen LogP contribution < -0.4 is 10.6 Å². The molecule has 0 aliphatic carbocycles. The van der Waals surface area contributed by atoms with Gasteiger partial charge in [-0.25, -0.2) is 0 Å². The second-order valence-electron chi connectivity index (χ2n) is 5.24. The molecule has 2 aromatic heterocycles. The standard InChI is InChI=1S/C16H19N3O2S/c1-11(2)15(13-5-3-4-7-17-13)19-14(20)9-18-16(21)12-6-8-22-10-12/h3-8,10-11,15H,9H2,1-2H3,(H,18,21)(H,19,20)/t15-/m1/s1. The van der Waals surface area contributed by atoms with Crippen molar-refractivity contribution in [2.24, 2.45) is 5.92 Å². The van der Waals surface area contributed by atoms with E-state index in [4.69, 9.17) is 0 Å². The Morgan fingerprint density at radius 1 is 1.27 bits per heavy atom. The van der Waals surface area contributed by atoms with Gasteiger partial charge in [-0.15, -0.1) is 0 Å². The Morgan fingerprint density at radius 3 is 2.68 bits per heavy atom. The lowest BCUT2D eigenvalue weighted by Crippen LogP contribution is -2.40. The maximum absolute atomic E-state index is 12.1. The van der Waals surface area contributed by atoms with E-state index in [1.807, 2.05) is 37.4 Å². The van der Waals surface area contributed by atoms with Crippen LogP contribution in [-0.2, 0) is 4.79 Å². The largest absolute Gasteiger partial charge is 0.346 e. The second-order valence-corrected chi connectivity index (χ2v) is 6.02. The molecule has 0 saturated heterocycles. The molecule has 2 rings (SSSR count). The smallest absolute Gasteiger partial charge is 0.252 e. The van der Waals surface area contributed by atoms with Crippen LogP contribution in [0.15, 0.2) is 41.2 Å². The van der Waals surface area contributed by atoms with Crippen LogP contribution in [0.1, 0.15) is 35.9 Å². The van der Waals surface area contributed by atoms with Crippen LogP contribution in [-0.4, -0.2) is 23.3 Å². The van der Waals surface area contributed by atoms with E-state index in [9.17, 15) is 9.59 Å². The van der Waals surface area contributed by atoms with E-state index < -0.39 is 0 Å². The topological polar surface area (TPSA) is 71.1 Å². The van der Waals surface area contributed by atoms with Crippen LogP contribution >= 0.6 is 11.3 Å². The van der Waals surface area contributed by atoms with Crippen LogP contribution in [0.3, 0.4) is 0 Å². The van der Waals surface area contributed by atoms with Gasteiger partial charge in [-0.2, -0.15) is 11.3 Å². The molecule has 1 atom stereocenters. The third-order valence-electron chi connectivity index (χ3n) is 3.18. The Hall–Kier alpha value is -2.21. The van der Waals surface area contributed by atoms with Gasteiger partial charge in [0.05, 0.1) is 18.3 Å². The summed E-state index contributed by atoms with van der Waals surface area (Å²) < 4.78 is 0. The predicted octanol–water partition coefficient (Wildman–Crippen LogP) is 2.39. The number of nitrogens with one attached hydrogen (secondary N) is 2. The maximum Gasteiger partial charge on any atom is 0.252 e. The predicted molar refractivity (Wildman–Crippen MR) is 86.6 cm³/mol. The monoisotopic (exact) mass is 317 g/mol. The van der Waals surface area contributed by atoms with Gasteiger partial charge in [0.2, 0.25) is 5.91 Å². The van der Waals surface area contributed by atoms with Crippen LogP contribution in [0.25, 0.3) is 0 Å². The highest BCUT2D eigenvalue weighted by Crippen LogP contribution is 2.18. The summed E-state index contributed by atoms with van der Waals surface area (Å²) in [5.41, 5.74) is 1.39. The third kappa shape index (κ3) is 4.39. The van der Waals surface area contributed by atoms with Crippen molar-refractivity contribution in [3.8, 4) is 0 Å². The number of rotatable bonds is 6. The number of amides is 2. The molecule has 2 heterocycles. The molecule has 0 spiro atoms. The van der Waals surface area contributed by atoms with Crippen molar-refractivity contribution in [3.05, 3.63) is 52.5 Å². The Balaban J connectivity index is 1.90. The summed E-state index contributed by atoms with van der Waals surface area (Å²) in [6.07, 6.45) is 1.70. The van der Waals surface area contributed by atoms with Crippen LogP contribution in [0.5, 0.6) is 0 Å². The Morgan fingerprint density at radius 2 is 2.09 bits per heavy atom. The average molecular weight is 317 g/mol. The highest BCUT2D eigenvalue weighted by Gasteiger charge is 2.19. The fraction of sp³-hybridized carbons (Fsp3) is 0.312. The normalized spacial score (nSPS) is 12.0. The molecule has 22 heavy (non-hydrogen) atoms. The van der Waals surface area contributed by atoms with Crippen molar-refractivity contribution in [1.29, 1.82) is 0 Å². The Kier molecular flexibility index (Phi) is 5.66. The highest BCUT2D eigenvalue weighted by atomic mass is 32.1. The molecule has 5 nitrogen and oxygen atoms in total. The average Bonchev–Trinajstić information content (AvgIpc) is 3.05. The number of nitrogens with zero attached hydrogens (tertiary/aromatic N) is 1. The number of pyridine rings is 1. The summed E-state index contributed by atoms with van der Waals surface area (Å²) in [6.45, 7) is 3.98. The van der Waals surface area contributed by atoms with Crippen molar-refractivity contribution in [3.63, 3.8) is 0 Å². The Bertz CT molecular complexity index is 612. The zero-order valence-electron chi connectivity index (χ0n) is 12.6. The summed E-state index contributed by atoms with van der Waals surface area (Å²) >= 11 is 1.44. The van der Waals surface area contributed by atoms with Crippen molar-refractivity contribution in [1.82, 2.24) is 15.6 Å². The van der Waals surface area contributed by atoms with Crippen molar-refractivity contribution < 1.29 is 9.59 Å². The van der Waals surface area contributed by atoms with Gasteiger partial charge in [-0.1, -0.05) is 19.9 Å². The Labute approximate surface area is 133 Å². The van der Waals surface area contributed by atoms with Gasteiger partial charge in [-0.3, -0.25) is 14.6 Å². The zero-order chi connectivity index (χ0) is 15.9. The van der Waals surface area contributed by atoms with Gasteiger partial charge in [0, 0.05) is 17.1 Å². The minimum absolute atomic E-state index is 0.0509. The number of carbonyl (C=O) groups excluding carboxylic acids is 2. The lowest BCUT2D eigenvalue weighted by atomic mass is 10.0. The number of thiophene rings is 1. The molecule has 116 valence electrons. The first-order valence-corrected chi connectivity index (χ1v) is 8.03. The number of hydrogen-bond donors (Lipinski definition) is 2. The van der Waals surface area contributed by atoms with Crippen molar-refractivity contribution >= 4 is 23.2 Å². The molecule has 0 aromatic carbocycles. The fourth-order valence-electron chi connectivity index (χ4n) is 2.02. The van der Waals surface area contributed by atoms with E-state index >= 15 is 0 Å². The fourth-order valence-corrected chi connectivity index (χ4v) is 2.66. The van der Waals surface area contributed by atoms with Gasteiger partial charge < -0.3 is 10.6 Å². The number of carbonyl (C=O) groups is 2. The summed E-state index contributed by atoms with van der Waals surface area (Å²) in [4.78, 5) is 28.1. The van der Waals surface area contributed by atoms with E-state index in [1.165, 1.54) is 11.3 Å². The lowest BCUT2D eigenvalue weighted by molar-refractivity contribution is -0.121. The SMILES string of the molecule is CC(C)[C@@H](NC(=O)CNC(=O)c1ccsc1)c1ccccn1. The van der Waals surface area contributed by atoms with E-state index in [-0.39, 0.29) is 30.3 Å². The molecule has 0 unspecified atom stereocenters. The highest BCUT2D eigenvalue weighted by molar-refractivity contribution is 7.08. The molecule has 6 heteroatoms. The minimum atomic E-state index is -0.240. The van der Waals surface area contributed by atoms with Crippen LogP contribution in [0, 0.1) is 5.92 Å². The maximum atomic E-state index is 12.1. The van der Waals surface area contributed by atoms with Crippen molar-refractivity contribution in [2.75, 3.05) is 6.54 Å². The number of hydrogen-bond acceptors (Lipinski definition) is 4. The van der Waals surface area contributed by atoms with E-state index in [0.29, 0.717) is 5.56 Å².